The van der Waals surface area contributed by atoms with Crippen LogP contribution >= 0.6 is 0 Å². The second-order valence-electron chi connectivity index (χ2n) is 21.9. The van der Waals surface area contributed by atoms with Crippen LogP contribution in [-0.2, 0) is 31.1 Å². The van der Waals surface area contributed by atoms with E-state index < -0.39 is 31.1 Å². The first kappa shape index (κ1) is 58.8. The minimum Gasteiger partial charge on any atom is -0.341 e. The highest BCUT2D eigenvalue weighted by Crippen LogP contribution is 2.50. The molecule has 0 aromatic heterocycles. The van der Waals surface area contributed by atoms with Crippen molar-refractivity contribution >= 4 is 37.3 Å². The smallest absolute Gasteiger partial charge is 0.294 e. The van der Waals surface area contributed by atoms with Crippen molar-refractivity contribution in [2.75, 3.05) is 11.4 Å². The van der Waals surface area contributed by atoms with Crippen molar-refractivity contribution in [3.8, 4) is 0 Å². The molecule has 0 amide bonds. The molecule has 2 aromatic carbocycles. The molecule has 1 unspecified atom stereocenters. The first-order valence-electron chi connectivity index (χ1n) is 28.0. The monoisotopic (exact) mass is 994 g/mol. The van der Waals surface area contributed by atoms with Crippen LogP contribution in [0, 0.1) is 0 Å². The van der Waals surface area contributed by atoms with Gasteiger partial charge in [0.05, 0.1) is 15.2 Å². The van der Waals surface area contributed by atoms with E-state index in [2.05, 4.69) is 76.2 Å². The zero-order valence-corrected chi connectivity index (χ0v) is 46.3. The van der Waals surface area contributed by atoms with Crippen molar-refractivity contribution in [3.05, 3.63) is 71.5 Å². The highest BCUT2D eigenvalue weighted by Gasteiger charge is 2.45. The Morgan fingerprint density at radius 3 is 1.36 bits per heavy atom. The van der Waals surface area contributed by atoms with Gasteiger partial charge in [-0.25, -0.2) is 0 Å². The number of allylic oxidation sites excluding steroid dienone is 4. The van der Waals surface area contributed by atoms with Gasteiger partial charge in [-0.15, -0.1) is 0 Å². The molecule has 0 bridgehead atoms. The van der Waals surface area contributed by atoms with Gasteiger partial charge in [-0.3, -0.25) is 9.11 Å². The third-order valence-electron chi connectivity index (χ3n) is 15.4. The maximum atomic E-state index is 12.4. The van der Waals surface area contributed by atoms with Crippen LogP contribution in [-0.4, -0.2) is 48.8 Å². The van der Waals surface area contributed by atoms with Gasteiger partial charge >= 0.3 is 0 Å². The van der Waals surface area contributed by atoms with E-state index in [0.717, 1.165) is 66.1 Å². The molecule has 0 aliphatic carbocycles. The summed E-state index contributed by atoms with van der Waals surface area (Å²) in [6.07, 6.45) is 46.8. The van der Waals surface area contributed by atoms with Gasteiger partial charge in [0.1, 0.15) is 6.54 Å². The van der Waals surface area contributed by atoms with Gasteiger partial charge in [0.2, 0.25) is 5.69 Å². The molecule has 2 aliphatic heterocycles. The predicted octanol–water partition coefficient (Wildman–Crippen LogP) is 17.3. The lowest BCUT2D eigenvalue weighted by molar-refractivity contribution is -0.438. The van der Waals surface area contributed by atoms with Crippen molar-refractivity contribution in [1.82, 2.24) is 0 Å². The number of hydrogen-bond donors (Lipinski definition) is 2. The standard InChI is InChI=1S/C59H96N2O6S2/c1-8-10-12-14-16-18-20-22-24-25-27-29-31-33-35-37-46-60-54-44-42-50(68(62,63)64)47-52(54)58(4,5)56(60)40-38-41-57-59(6,7)53-48-51(69(65,66)67)43-45-55(53)61(57)49(3)39-36-34-32-30-28-26-23-21-19-17-15-13-11-9-2/h38,40-45,47-49H,8-37,39,46H2,1-7H3,(H-,62,63,64,65,66,67)/p+1. The molecule has 2 heterocycles. The molecule has 0 spiro atoms. The lowest BCUT2D eigenvalue weighted by Crippen LogP contribution is -2.33. The normalized spacial score (nSPS) is 16.6. The molecule has 2 aliphatic rings. The number of anilines is 1. The number of unbranched alkanes of at least 4 members (excludes halogenated alkanes) is 28. The van der Waals surface area contributed by atoms with Crippen LogP contribution in [0.1, 0.15) is 259 Å². The lowest BCUT2D eigenvalue weighted by Gasteiger charge is -2.32. The van der Waals surface area contributed by atoms with E-state index in [0.29, 0.717) is 0 Å². The van der Waals surface area contributed by atoms with Crippen molar-refractivity contribution in [2.24, 2.45) is 0 Å². The van der Waals surface area contributed by atoms with Gasteiger partial charge in [-0.2, -0.15) is 21.4 Å². The molecule has 0 radical (unpaired) electrons. The number of nitrogens with zero attached hydrogens (tertiary/aromatic N) is 2. The van der Waals surface area contributed by atoms with Crippen LogP contribution in [0.15, 0.2) is 70.1 Å². The molecule has 2 N–H and O–H groups in total. The first-order valence-corrected chi connectivity index (χ1v) is 30.9. The van der Waals surface area contributed by atoms with E-state index >= 15 is 0 Å². The molecule has 1 atom stereocenters. The molecular formula is C59H97N2O6S2+. The van der Waals surface area contributed by atoms with E-state index in [4.69, 9.17) is 0 Å². The molecule has 4 rings (SSSR count). The van der Waals surface area contributed by atoms with Gasteiger partial charge < -0.3 is 4.90 Å². The molecule has 69 heavy (non-hydrogen) atoms. The Kier molecular flexibility index (Phi) is 25.3. The fourth-order valence-electron chi connectivity index (χ4n) is 11.1. The number of rotatable bonds is 37. The largest absolute Gasteiger partial charge is 0.341 e. The summed E-state index contributed by atoms with van der Waals surface area (Å²) < 4.78 is 71.9. The third-order valence-corrected chi connectivity index (χ3v) is 17.1. The van der Waals surface area contributed by atoms with Crippen molar-refractivity contribution in [3.63, 3.8) is 0 Å². The quantitative estimate of drug-likeness (QED) is 0.0394. The van der Waals surface area contributed by atoms with E-state index in [1.807, 2.05) is 12.1 Å². The summed E-state index contributed by atoms with van der Waals surface area (Å²) in [4.78, 5) is 2.18. The van der Waals surface area contributed by atoms with E-state index in [1.54, 1.807) is 12.1 Å². The molecule has 2 aromatic rings. The summed E-state index contributed by atoms with van der Waals surface area (Å²) in [5, 5.41) is 0. The van der Waals surface area contributed by atoms with Crippen LogP contribution in [0.4, 0.5) is 11.4 Å². The average molecular weight is 995 g/mol. The van der Waals surface area contributed by atoms with E-state index in [-0.39, 0.29) is 15.8 Å². The minimum atomic E-state index is -4.39. The maximum absolute atomic E-state index is 12.4. The Morgan fingerprint density at radius 2 is 0.928 bits per heavy atom. The van der Waals surface area contributed by atoms with Gasteiger partial charge in [-0.1, -0.05) is 214 Å². The summed E-state index contributed by atoms with van der Waals surface area (Å²) in [6.45, 7) is 16.1. The molecule has 0 fully saturated rings. The van der Waals surface area contributed by atoms with Crippen molar-refractivity contribution in [1.29, 1.82) is 0 Å². The number of benzene rings is 2. The van der Waals surface area contributed by atoms with Gasteiger partial charge in [-0.05, 0) is 75.6 Å². The van der Waals surface area contributed by atoms with Crippen molar-refractivity contribution < 1.29 is 30.5 Å². The van der Waals surface area contributed by atoms with Gasteiger partial charge in [0.15, 0.2) is 5.71 Å². The van der Waals surface area contributed by atoms with Crippen molar-refractivity contribution in [2.45, 2.75) is 274 Å². The summed E-state index contributed by atoms with van der Waals surface area (Å²) in [7, 11) is -8.77. The molecule has 390 valence electrons. The molecule has 0 saturated heterocycles. The second kappa shape index (κ2) is 29.7. The Labute approximate surface area is 422 Å². The highest BCUT2D eigenvalue weighted by molar-refractivity contribution is 7.86. The third kappa shape index (κ3) is 18.3. The SMILES string of the molecule is CCCCCCCCCCCCCCCCCC[N+]1=C(C=CC=C2N(C(C)CCCCCCCCCCCCCCCC)c3ccc(S(=O)(=O)O)cc3C2(C)C)C(C)(C)c2cc(S(=O)(=O)O)ccc21. The van der Waals surface area contributed by atoms with Crippen LogP contribution in [0.3, 0.4) is 0 Å². The maximum Gasteiger partial charge on any atom is 0.294 e. The Morgan fingerprint density at radius 1 is 0.536 bits per heavy atom. The first-order chi connectivity index (χ1) is 33.0. The number of fused-ring (bicyclic) bond motifs is 2. The topological polar surface area (TPSA) is 115 Å². The Balaban J connectivity index is 1.43. The molecule has 8 nitrogen and oxygen atoms in total. The fourth-order valence-corrected chi connectivity index (χ4v) is 12.1. The average Bonchev–Trinajstić information content (AvgIpc) is 3.65. The van der Waals surface area contributed by atoms with Gasteiger partial charge in [0.25, 0.3) is 20.2 Å². The van der Waals surface area contributed by atoms with E-state index in [9.17, 15) is 25.9 Å². The molecular weight excluding hydrogens is 897 g/mol. The summed E-state index contributed by atoms with van der Waals surface area (Å²) in [5.74, 6) is 0. The zero-order valence-electron chi connectivity index (χ0n) is 44.6. The predicted molar refractivity (Wildman–Crippen MR) is 292 cm³/mol. The van der Waals surface area contributed by atoms with E-state index in [1.165, 1.54) is 185 Å². The second-order valence-corrected chi connectivity index (χ2v) is 24.8. The zero-order chi connectivity index (χ0) is 50.3. The number of hydrogen-bond acceptors (Lipinski definition) is 5. The Hall–Kier alpha value is -2.79. The lowest BCUT2D eigenvalue weighted by atomic mass is 9.81. The van der Waals surface area contributed by atoms with Crippen LogP contribution in [0.25, 0.3) is 0 Å². The fraction of sp³-hybridized carbons (Fsp3) is 0.712. The summed E-state index contributed by atoms with van der Waals surface area (Å²) >= 11 is 0. The Bertz CT molecular complexity index is 2170. The van der Waals surface area contributed by atoms with Crippen LogP contribution in [0.5, 0.6) is 0 Å². The highest BCUT2D eigenvalue weighted by atomic mass is 32.2. The minimum absolute atomic E-state index is 0.0952. The summed E-state index contributed by atoms with van der Waals surface area (Å²) in [5.41, 5.74) is 4.70. The molecule has 10 heteroatoms. The van der Waals surface area contributed by atoms with Crippen LogP contribution in [0.2, 0.25) is 0 Å². The van der Waals surface area contributed by atoms with Crippen LogP contribution < -0.4 is 4.90 Å². The van der Waals surface area contributed by atoms with Gasteiger partial charge in [0, 0.05) is 47.0 Å². The summed E-state index contributed by atoms with van der Waals surface area (Å²) in [6, 6.07) is 10.1. The molecule has 0 saturated carbocycles.